The van der Waals surface area contributed by atoms with Gasteiger partial charge in [0.05, 0.1) is 0 Å². The van der Waals surface area contributed by atoms with E-state index in [1.165, 1.54) is 83.1 Å². The predicted molar refractivity (Wildman–Crippen MR) is 192 cm³/mol. The summed E-state index contributed by atoms with van der Waals surface area (Å²) in [5.41, 5.74) is 16.5. The lowest BCUT2D eigenvalue weighted by Crippen LogP contribution is -2.06. The lowest BCUT2D eigenvalue weighted by Gasteiger charge is -2.25. The predicted octanol–water partition coefficient (Wildman–Crippen LogP) is 12.0. The standard InChI is InChI=1S/C45H32/c1-2-13-38(35-20-9-18-33(28-35)31-14-5-3-6-15-31)40-22-11-23-41-43-25-12-24-42-39(27-26-37(45(42)43)30-44(40)41)36-21-10-19-34(29-36)32-16-7-4-8-17-32/h2-29H,1,30H2/b38-13-. The summed E-state index contributed by atoms with van der Waals surface area (Å²) in [6, 6.07) is 57.3. The molecule has 0 aliphatic heterocycles. The molecule has 7 aromatic carbocycles. The van der Waals surface area contributed by atoms with Gasteiger partial charge in [-0.15, -0.1) is 0 Å². The number of benzene rings is 7. The average Bonchev–Trinajstić information content (AvgIpc) is 3.12. The van der Waals surface area contributed by atoms with Crippen LogP contribution >= 0.6 is 0 Å². The maximum Gasteiger partial charge on any atom is -0.000705 e. The van der Waals surface area contributed by atoms with Gasteiger partial charge in [-0.05, 0) is 102 Å². The molecule has 0 unspecified atom stereocenters. The van der Waals surface area contributed by atoms with Crippen LogP contribution in [0.2, 0.25) is 0 Å². The van der Waals surface area contributed by atoms with Crippen LogP contribution in [0.1, 0.15) is 22.3 Å². The number of fused-ring (bicyclic) bond motifs is 2. The van der Waals surface area contributed by atoms with Crippen molar-refractivity contribution in [3.8, 4) is 44.5 Å². The van der Waals surface area contributed by atoms with E-state index in [2.05, 4.69) is 170 Å². The molecule has 0 fully saturated rings. The minimum Gasteiger partial charge on any atom is -0.0990 e. The third-order valence-electron chi connectivity index (χ3n) is 9.10. The van der Waals surface area contributed by atoms with Gasteiger partial charge in [0.15, 0.2) is 0 Å². The summed E-state index contributed by atoms with van der Waals surface area (Å²) in [6.45, 7) is 4.10. The van der Waals surface area contributed by atoms with Gasteiger partial charge < -0.3 is 0 Å². The molecule has 212 valence electrons. The van der Waals surface area contributed by atoms with Gasteiger partial charge in [-0.3, -0.25) is 0 Å². The Labute approximate surface area is 265 Å². The first-order valence-electron chi connectivity index (χ1n) is 15.6. The van der Waals surface area contributed by atoms with E-state index in [1.807, 2.05) is 6.08 Å². The summed E-state index contributed by atoms with van der Waals surface area (Å²) >= 11 is 0. The lowest BCUT2D eigenvalue weighted by molar-refractivity contribution is 1.18. The van der Waals surface area contributed by atoms with Crippen LogP contribution < -0.4 is 0 Å². The van der Waals surface area contributed by atoms with Crippen molar-refractivity contribution in [3.63, 3.8) is 0 Å². The Balaban J connectivity index is 1.26. The van der Waals surface area contributed by atoms with Crippen LogP contribution in [0.3, 0.4) is 0 Å². The topological polar surface area (TPSA) is 0 Å². The highest BCUT2D eigenvalue weighted by Gasteiger charge is 2.23. The molecule has 0 spiro atoms. The van der Waals surface area contributed by atoms with Crippen LogP contribution in [0.4, 0.5) is 0 Å². The van der Waals surface area contributed by atoms with Gasteiger partial charge in [-0.2, -0.15) is 0 Å². The lowest BCUT2D eigenvalue weighted by atomic mass is 9.78. The minimum absolute atomic E-state index is 0.885. The second-order valence-corrected chi connectivity index (χ2v) is 11.7. The first kappa shape index (κ1) is 26.9. The molecular weight excluding hydrogens is 540 g/mol. The fraction of sp³-hybridized carbons (Fsp3) is 0.0222. The largest absolute Gasteiger partial charge is 0.0990 e. The van der Waals surface area contributed by atoms with Crippen molar-refractivity contribution < 1.29 is 0 Å². The Kier molecular flexibility index (Phi) is 6.81. The Hall–Kier alpha value is -5.72. The zero-order valence-electron chi connectivity index (χ0n) is 25.1. The van der Waals surface area contributed by atoms with E-state index in [1.54, 1.807) is 0 Å². The molecule has 0 radical (unpaired) electrons. The maximum absolute atomic E-state index is 4.10. The maximum atomic E-state index is 4.10. The third kappa shape index (κ3) is 4.82. The second-order valence-electron chi connectivity index (χ2n) is 11.7. The highest BCUT2D eigenvalue weighted by Crippen LogP contribution is 2.45. The molecule has 0 heterocycles. The Morgan fingerprint density at radius 2 is 1.11 bits per heavy atom. The summed E-state index contributed by atoms with van der Waals surface area (Å²) in [6.07, 6.45) is 4.96. The molecule has 0 atom stereocenters. The van der Waals surface area contributed by atoms with Gasteiger partial charge in [0.2, 0.25) is 0 Å². The molecule has 0 saturated heterocycles. The Bertz CT molecular complexity index is 2230. The summed E-state index contributed by atoms with van der Waals surface area (Å²) in [4.78, 5) is 0. The van der Waals surface area contributed by atoms with Crippen LogP contribution in [0.25, 0.3) is 60.9 Å². The van der Waals surface area contributed by atoms with E-state index in [0.29, 0.717) is 0 Å². The fourth-order valence-electron chi connectivity index (χ4n) is 7.03. The average molecular weight is 573 g/mol. The van der Waals surface area contributed by atoms with Crippen molar-refractivity contribution in [1.29, 1.82) is 0 Å². The van der Waals surface area contributed by atoms with Crippen molar-refractivity contribution in [3.05, 3.63) is 199 Å². The summed E-state index contributed by atoms with van der Waals surface area (Å²) in [5, 5.41) is 2.67. The van der Waals surface area contributed by atoms with Crippen LogP contribution in [0.15, 0.2) is 176 Å². The Morgan fingerprint density at radius 3 is 1.87 bits per heavy atom. The molecule has 45 heavy (non-hydrogen) atoms. The van der Waals surface area contributed by atoms with E-state index in [9.17, 15) is 0 Å². The van der Waals surface area contributed by atoms with Gasteiger partial charge in [-0.1, -0.05) is 164 Å². The first-order valence-corrected chi connectivity index (χ1v) is 15.6. The van der Waals surface area contributed by atoms with Gasteiger partial charge in [-0.25, -0.2) is 0 Å². The number of rotatable bonds is 6. The SMILES string of the molecule is C=C/C=C(/c1cccc(-c2ccccc2)c1)c1cccc2c1Cc1ccc(-c3cccc(-c4ccccc4)c3)c3cccc-2c13. The van der Waals surface area contributed by atoms with Gasteiger partial charge in [0.25, 0.3) is 0 Å². The van der Waals surface area contributed by atoms with Gasteiger partial charge in [0.1, 0.15) is 0 Å². The van der Waals surface area contributed by atoms with E-state index in [4.69, 9.17) is 0 Å². The molecule has 8 rings (SSSR count). The smallest absolute Gasteiger partial charge is 0.000705 e. The van der Waals surface area contributed by atoms with E-state index in [0.717, 1.165) is 6.42 Å². The summed E-state index contributed by atoms with van der Waals surface area (Å²) in [5.74, 6) is 0. The molecule has 1 aliphatic rings. The molecule has 7 aromatic rings. The second kappa shape index (κ2) is 11.4. The van der Waals surface area contributed by atoms with Crippen molar-refractivity contribution in [1.82, 2.24) is 0 Å². The normalized spacial score (nSPS) is 12.1. The van der Waals surface area contributed by atoms with Crippen LogP contribution in [-0.2, 0) is 6.42 Å². The van der Waals surface area contributed by atoms with E-state index in [-0.39, 0.29) is 0 Å². The third-order valence-corrected chi connectivity index (χ3v) is 9.10. The van der Waals surface area contributed by atoms with Crippen molar-refractivity contribution in [2.45, 2.75) is 6.42 Å². The summed E-state index contributed by atoms with van der Waals surface area (Å²) < 4.78 is 0. The van der Waals surface area contributed by atoms with E-state index >= 15 is 0 Å². The zero-order valence-corrected chi connectivity index (χ0v) is 25.1. The molecule has 1 aliphatic carbocycles. The number of allylic oxidation sites excluding steroid dienone is 2. The molecule has 0 amide bonds. The zero-order chi connectivity index (χ0) is 30.2. The minimum atomic E-state index is 0.885. The number of hydrogen-bond donors (Lipinski definition) is 0. The molecule has 0 aromatic heterocycles. The highest BCUT2D eigenvalue weighted by molar-refractivity contribution is 6.09. The number of hydrogen-bond acceptors (Lipinski definition) is 0. The van der Waals surface area contributed by atoms with Crippen LogP contribution in [-0.4, -0.2) is 0 Å². The molecular formula is C45H32. The quantitative estimate of drug-likeness (QED) is 0.174. The van der Waals surface area contributed by atoms with E-state index < -0.39 is 0 Å². The molecule has 0 N–H and O–H groups in total. The van der Waals surface area contributed by atoms with Crippen LogP contribution in [0, 0.1) is 0 Å². The van der Waals surface area contributed by atoms with Crippen molar-refractivity contribution >= 4 is 16.3 Å². The molecule has 0 bridgehead atoms. The van der Waals surface area contributed by atoms with Crippen LogP contribution in [0.5, 0.6) is 0 Å². The Morgan fingerprint density at radius 1 is 0.489 bits per heavy atom. The fourth-order valence-corrected chi connectivity index (χ4v) is 7.03. The molecule has 0 heteroatoms. The first-order chi connectivity index (χ1) is 22.3. The van der Waals surface area contributed by atoms with Crippen molar-refractivity contribution in [2.75, 3.05) is 0 Å². The monoisotopic (exact) mass is 572 g/mol. The van der Waals surface area contributed by atoms with Gasteiger partial charge in [0, 0.05) is 0 Å². The molecule has 0 saturated carbocycles. The molecule has 0 nitrogen and oxygen atoms in total. The highest BCUT2D eigenvalue weighted by atomic mass is 14.3. The summed E-state index contributed by atoms with van der Waals surface area (Å²) in [7, 11) is 0. The van der Waals surface area contributed by atoms with Gasteiger partial charge >= 0.3 is 0 Å². The van der Waals surface area contributed by atoms with Crippen molar-refractivity contribution in [2.24, 2.45) is 0 Å².